The summed E-state index contributed by atoms with van der Waals surface area (Å²) in [6.45, 7) is 5.83. The molecule has 2 atom stereocenters. The number of carbonyl (C=O) groups is 1. The number of carbonyl (C=O) groups excluding carboxylic acids is 1. The van der Waals surface area contributed by atoms with Gasteiger partial charge < -0.3 is 5.11 Å². The van der Waals surface area contributed by atoms with Crippen LogP contribution in [-0.2, 0) is 4.79 Å². The van der Waals surface area contributed by atoms with Gasteiger partial charge in [0.15, 0.2) is 0 Å². The molecule has 1 rings (SSSR count). The van der Waals surface area contributed by atoms with Crippen LogP contribution in [-0.4, -0.2) is 17.0 Å². The number of Topliss-reactive ketones (excluding diaryl/α,β-unsaturated/α-hetero) is 1. The normalized spacial score (nSPS) is 30.7. The first kappa shape index (κ1) is 9.72. The molecule has 1 N–H and O–H groups in total. The molecule has 0 spiro atoms. The molecule has 1 saturated carbocycles. The topological polar surface area (TPSA) is 37.3 Å². The maximum Gasteiger partial charge on any atom is 0.141 e. The van der Waals surface area contributed by atoms with Crippen molar-refractivity contribution in [3.05, 3.63) is 0 Å². The zero-order valence-electron chi connectivity index (χ0n) is 8.13. The van der Waals surface area contributed by atoms with Gasteiger partial charge in [-0.1, -0.05) is 20.8 Å². The number of rotatable bonds is 1. The first-order valence-corrected chi connectivity index (χ1v) is 4.63. The van der Waals surface area contributed by atoms with E-state index in [0.29, 0.717) is 12.2 Å². The Morgan fingerprint density at radius 1 is 1.33 bits per heavy atom. The van der Waals surface area contributed by atoms with E-state index in [-0.39, 0.29) is 17.4 Å². The Balaban J connectivity index is 2.55. The highest BCUT2D eigenvalue weighted by atomic mass is 16.3. The van der Waals surface area contributed by atoms with Crippen molar-refractivity contribution < 1.29 is 9.90 Å². The smallest absolute Gasteiger partial charge is 0.141 e. The fraction of sp³-hybridized carbons (Fsp3) is 0.900. The first-order valence-electron chi connectivity index (χ1n) is 4.63. The van der Waals surface area contributed by atoms with Gasteiger partial charge in [-0.15, -0.1) is 0 Å². The van der Waals surface area contributed by atoms with Crippen LogP contribution in [0.4, 0.5) is 0 Å². The molecule has 0 unspecified atom stereocenters. The summed E-state index contributed by atoms with van der Waals surface area (Å²) in [6.07, 6.45) is 2.11. The zero-order valence-corrected chi connectivity index (χ0v) is 8.13. The molecule has 1 aliphatic rings. The van der Waals surface area contributed by atoms with Crippen LogP contribution in [0.15, 0.2) is 0 Å². The Morgan fingerprint density at radius 3 is 2.25 bits per heavy atom. The number of ketones is 1. The number of aliphatic hydroxyl groups is 1. The molecule has 0 aliphatic heterocycles. The molecule has 0 aromatic heterocycles. The summed E-state index contributed by atoms with van der Waals surface area (Å²) in [4.78, 5) is 11.7. The third kappa shape index (κ3) is 2.07. The van der Waals surface area contributed by atoms with Crippen molar-refractivity contribution >= 4 is 5.78 Å². The quantitative estimate of drug-likeness (QED) is 0.651. The summed E-state index contributed by atoms with van der Waals surface area (Å²) >= 11 is 0. The van der Waals surface area contributed by atoms with Crippen LogP contribution < -0.4 is 0 Å². The van der Waals surface area contributed by atoms with Gasteiger partial charge in [0.1, 0.15) is 5.78 Å². The minimum Gasteiger partial charge on any atom is -0.393 e. The molecular weight excluding hydrogens is 152 g/mol. The lowest BCUT2D eigenvalue weighted by molar-refractivity contribution is -0.130. The maximum absolute atomic E-state index is 11.7. The predicted molar refractivity (Wildman–Crippen MR) is 47.8 cm³/mol. The predicted octanol–water partition coefficient (Wildman–Crippen LogP) is 1.76. The van der Waals surface area contributed by atoms with Gasteiger partial charge in [-0.25, -0.2) is 0 Å². The van der Waals surface area contributed by atoms with E-state index in [1.807, 2.05) is 20.8 Å². The Morgan fingerprint density at radius 2 is 1.92 bits per heavy atom. The molecule has 1 fully saturated rings. The van der Waals surface area contributed by atoms with E-state index in [0.717, 1.165) is 12.8 Å². The first-order chi connectivity index (χ1) is 5.41. The van der Waals surface area contributed by atoms with Crippen LogP contribution in [0.1, 0.15) is 40.0 Å². The summed E-state index contributed by atoms with van der Waals surface area (Å²) in [6, 6.07) is 0. The van der Waals surface area contributed by atoms with Gasteiger partial charge in [0.25, 0.3) is 0 Å². The summed E-state index contributed by atoms with van der Waals surface area (Å²) in [5.74, 6) is 0.416. The van der Waals surface area contributed by atoms with Gasteiger partial charge in [0.05, 0.1) is 6.10 Å². The zero-order chi connectivity index (χ0) is 9.35. The lowest BCUT2D eigenvalue weighted by atomic mass is 9.82. The molecule has 70 valence electrons. The Kier molecular flexibility index (Phi) is 2.57. The molecule has 0 bridgehead atoms. The van der Waals surface area contributed by atoms with Crippen LogP contribution in [0.25, 0.3) is 0 Å². The van der Waals surface area contributed by atoms with Crippen LogP contribution in [0.3, 0.4) is 0 Å². The highest BCUT2D eigenvalue weighted by Gasteiger charge is 2.34. The summed E-state index contributed by atoms with van der Waals surface area (Å²) in [5, 5.41) is 9.26. The maximum atomic E-state index is 11.7. The molecule has 0 aromatic rings. The number of hydrogen-bond acceptors (Lipinski definition) is 2. The van der Waals surface area contributed by atoms with E-state index < -0.39 is 0 Å². The standard InChI is InChI=1S/C10H18O2/c1-10(2,3)9(12)7-4-5-8(11)6-7/h7-8,11H,4-6H2,1-3H3/t7-,8+/m1/s1. The third-order valence-corrected chi connectivity index (χ3v) is 2.51. The van der Waals surface area contributed by atoms with Crippen LogP contribution >= 0.6 is 0 Å². The molecule has 0 aromatic carbocycles. The average molecular weight is 170 g/mol. The lowest BCUT2D eigenvalue weighted by Crippen LogP contribution is -2.27. The SMILES string of the molecule is CC(C)(C)C(=O)[C@@H]1CC[C@H](O)C1. The molecule has 0 saturated heterocycles. The molecule has 12 heavy (non-hydrogen) atoms. The highest BCUT2D eigenvalue weighted by Crippen LogP contribution is 2.32. The largest absolute Gasteiger partial charge is 0.393 e. The summed E-state index contributed by atoms with van der Waals surface area (Å²) in [7, 11) is 0. The molecule has 0 amide bonds. The van der Waals surface area contributed by atoms with Crippen molar-refractivity contribution in [3.8, 4) is 0 Å². The van der Waals surface area contributed by atoms with E-state index in [4.69, 9.17) is 0 Å². The van der Waals surface area contributed by atoms with Crippen LogP contribution in [0.5, 0.6) is 0 Å². The van der Waals surface area contributed by atoms with Crippen molar-refractivity contribution in [2.75, 3.05) is 0 Å². The number of hydrogen-bond donors (Lipinski definition) is 1. The van der Waals surface area contributed by atoms with E-state index in [9.17, 15) is 9.90 Å². The third-order valence-electron chi connectivity index (χ3n) is 2.51. The van der Waals surface area contributed by atoms with E-state index >= 15 is 0 Å². The second-order valence-corrected chi connectivity index (χ2v) is 4.78. The van der Waals surface area contributed by atoms with Gasteiger partial charge in [0, 0.05) is 11.3 Å². The Labute approximate surface area is 74.0 Å². The van der Waals surface area contributed by atoms with Gasteiger partial charge >= 0.3 is 0 Å². The monoisotopic (exact) mass is 170 g/mol. The van der Waals surface area contributed by atoms with Crippen molar-refractivity contribution in [2.45, 2.75) is 46.1 Å². The van der Waals surface area contributed by atoms with Crippen molar-refractivity contribution in [3.63, 3.8) is 0 Å². The minimum atomic E-state index is -0.241. The van der Waals surface area contributed by atoms with Gasteiger partial charge in [-0.05, 0) is 19.3 Å². The van der Waals surface area contributed by atoms with Crippen LogP contribution in [0, 0.1) is 11.3 Å². The second-order valence-electron chi connectivity index (χ2n) is 4.78. The van der Waals surface area contributed by atoms with Gasteiger partial charge in [-0.3, -0.25) is 4.79 Å². The summed E-state index contributed by atoms with van der Waals surface area (Å²) in [5.41, 5.74) is -0.241. The Hall–Kier alpha value is -0.370. The van der Waals surface area contributed by atoms with E-state index in [2.05, 4.69) is 0 Å². The Bertz CT molecular complexity index is 179. The fourth-order valence-corrected chi connectivity index (χ4v) is 1.81. The van der Waals surface area contributed by atoms with Crippen molar-refractivity contribution in [1.82, 2.24) is 0 Å². The highest BCUT2D eigenvalue weighted by molar-refractivity contribution is 5.86. The lowest BCUT2D eigenvalue weighted by Gasteiger charge is -2.20. The fourth-order valence-electron chi connectivity index (χ4n) is 1.81. The molecule has 1 aliphatic carbocycles. The van der Waals surface area contributed by atoms with E-state index in [1.165, 1.54) is 0 Å². The van der Waals surface area contributed by atoms with Gasteiger partial charge in [-0.2, -0.15) is 0 Å². The molecule has 2 nitrogen and oxygen atoms in total. The molecule has 0 heterocycles. The average Bonchev–Trinajstić information content (AvgIpc) is 2.32. The van der Waals surface area contributed by atoms with E-state index in [1.54, 1.807) is 0 Å². The molecular formula is C10H18O2. The van der Waals surface area contributed by atoms with Gasteiger partial charge in [0.2, 0.25) is 0 Å². The number of aliphatic hydroxyl groups excluding tert-OH is 1. The van der Waals surface area contributed by atoms with Crippen LogP contribution in [0.2, 0.25) is 0 Å². The molecule has 2 heteroatoms. The van der Waals surface area contributed by atoms with Crippen molar-refractivity contribution in [1.29, 1.82) is 0 Å². The van der Waals surface area contributed by atoms with Crippen molar-refractivity contribution in [2.24, 2.45) is 11.3 Å². The second kappa shape index (κ2) is 3.17. The minimum absolute atomic E-state index is 0.111. The molecule has 0 radical (unpaired) electrons. The summed E-state index contributed by atoms with van der Waals surface area (Å²) < 4.78 is 0.